The summed E-state index contributed by atoms with van der Waals surface area (Å²) in [6.45, 7) is 0.257. The summed E-state index contributed by atoms with van der Waals surface area (Å²) >= 11 is 6.05. The molecule has 27 heavy (non-hydrogen) atoms. The highest BCUT2D eigenvalue weighted by Gasteiger charge is 2.43. The number of carbonyl (C=O) groups excluding carboxylic acids is 1. The van der Waals surface area contributed by atoms with Gasteiger partial charge in [-0.3, -0.25) is 9.89 Å². The molecule has 0 saturated carbocycles. The molecule has 7 nitrogen and oxygen atoms in total. The summed E-state index contributed by atoms with van der Waals surface area (Å²) < 4.78 is 16.1. The molecule has 0 radical (unpaired) electrons. The number of furan rings is 1. The number of hydrogen-bond acceptors (Lipinski definition) is 5. The van der Waals surface area contributed by atoms with Crippen LogP contribution in [0.15, 0.2) is 47.1 Å². The molecule has 1 N–H and O–H groups in total. The van der Waals surface area contributed by atoms with E-state index in [4.69, 9.17) is 25.5 Å². The van der Waals surface area contributed by atoms with Gasteiger partial charge in [0.15, 0.2) is 17.7 Å². The summed E-state index contributed by atoms with van der Waals surface area (Å²) in [7, 11) is 3.08. The van der Waals surface area contributed by atoms with Crippen molar-refractivity contribution in [3.63, 3.8) is 0 Å². The lowest BCUT2D eigenvalue weighted by molar-refractivity contribution is -0.113. The molecule has 1 unspecified atom stereocenters. The van der Waals surface area contributed by atoms with E-state index in [9.17, 15) is 4.79 Å². The van der Waals surface area contributed by atoms with Crippen molar-refractivity contribution in [2.24, 2.45) is 0 Å². The van der Waals surface area contributed by atoms with Gasteiger partial charge in [0.05, 0.1) is 18.8 Å². The van der Waals surface area contributed by atoms with Crippen molar-refractivity contribution in [2.75, 3.05) is 20.8 Å². The topological polar surface area (TPSA) is 80.6 Å². The van der Waals surface area contributed by atoms with E-state index in [-0.39, 0.29) is 18.5 Å². The molecule has 0 spiro atoms. The fraction of sp³-hybridized carbons (Fsp3) is 0.263. The number of nitrogens with one attached hydrogen (secondary N) is 1. The molecular formula is C19H18ClN3O4. The zero-order valence-electron chi connectivity index (χ0n) is 14.8. The fourth-order valence-electron chi connectivity index (χ4n) is 3.38. The third kappa shape index (κ3) is 3.03. The quantitative estimate of drug-likeness (QED) is 0.655. The molecule has 8 heteroatoms. The third-order valence-electron chi connectivity index (χ3n) is 4.68. The Hall–Kier alpha value is -2.61. The number of ether oxygens (including phenoxy) is 2. The molecule has 3 aromatic rings. The predicted octanol–water partition coefficient (Wildman–Crippen LogP) is 3.49. The highest BCUT2D eigenvalue weighted by Crippen LogP contribution is 2.43. The van der Waals surface area contributed by atoms with Crippen molar-refractivity contribution in [3.8, 4) is 11.5 Å². The minimum absolute atomic E-state index is 0.196. The molecule has 2 aromatic heterocycles. The molecule has 0 bridgehead atoms. The monoisotopic (exact) mass is 387 g/mol. The van der Waals surface area contributed by atoms with Crippen molar-refractivity contribution in [1.82, 2.24) is 15.1 Å². The van der Waals surface area contributed by atoms with Gasteiger partial charge in [0.2, 0.25) is 0 Å². The molecule has 4 rings (SSSR count). The minimum atomic E-state index is -0.552. The SMILES string of the molecule is COC(CN1C(=O)c2n[nH]c(-c3ccco3)c2C1c1ccc(Cl)cc1)OC. The normalized spacial score (nSPS) is 16.4. The minimum Gasteiger partial charge on any atom is -0.463 e. The van der Waals surface area contributed by atoms with Crippen molar-refractivity contribution < 1.29 is 18.7 Å². The molecule has 1 aliphatic heterocycles. The van der Waals surface area contributed by atoms with Gasteiger partial charge in [0.1, 0.15) is 5.69 Å². The second-order valence-corrected chi connectivity index (χ2v) is 6.59. The molecule has 0 aliphatic carbocycles. The van der Waals surface area contributed by atoms with Crippen LogP contribution in [0.2, 0.25) is 5.02 Å². The van der Waals surface area contributed by atoms with Crippen LogP contribution in [0, 0.1) is 0 Å². The van der Waals surface area contributed by atoms with E-state index >= 15 is 0 Å². The van der Waals surface area contributed by atoms with E-state index in [1.54, 1.807) is 43.6 Å². The number of amides is 1. The van der Waals surface area contributed by atoms with E-state index in [1.807, 2.05) is 18.2 Å². The molecule has 1 amide bonds. The Morgan fingerprint density at radius 1 is 1.26 bits per heavy atom. The second-order valence-electron chi connectivity index (χ2n) is 6.15. The van der Waals surface area contributed by atoms with Crippen molar-refractivity contribution >= 4 is 17.5 Å². The summed E-state index contributed by atoms with van der Waals surface area (Å²) in [4.78, 5) is 14.8. The molecule has 1 aromatic carbocycles. The van der Waals surface area contributed by atoms with Gasteiger partial charge in [0.25, 0.3) is 5.91 Å². The van der Waals surface area contributed by atoms with Crippen LogP contribution in [-0.4, -0.2) is 48.1 Å². The van der Waals surface area contributed by atoms with E-state index in [1.165, 1.54) is 0 Å². The first-order valence-electron chi connectivity index (χ1n) is 8.38. The number of benzene rings is 1. The van der Waals surface area contributed by atoms with Gasteiger partial charge in [0, 0.05) is 24.8 Å². The number of H-pyrrole nitrogens is 1. The standard InChI is InChI=1S/C19H18ClN3O4/c1-25-14(26-2)10-23-18(11-5-7-12(20)8-6-11)15-16(13-4-3-9-27-13)21-22-17(15)19(23)24/h3-9,14,18H,10H2,1-2H3,(H,21,22). The molecule has 1 atom stereocenters. The van der Waals surface area contributed by atoms with Gasteiger partial charge >= 0.3 is 0 Å². The summed E-state index contributed by atoms with van der Waals surface area (Å²) in [5.74, 6) is 0.422. The number of fused-ring (bicyclic) bond motifs is 1. The lowest BCUT2D eigenvalue weighted by Crippen LogP contribution is -2.38. The van der Waals surface area contributed by atoms with Gasteiger partial charge < -0.3 is 18.8 Å². The number of aromatic amines is 1. The maximum absolute atomic E-state index is 13.1. The number of hydrogen-bond donors (Lipinski definition) is 1. The van der Waals surface area contributed by atoms with Crippen LogP contribution in [0.5, 0.6) is 0 Å². The summed E-state index contributed by atoms with van der Waals surface area (Å²) in [6.07, 6.45) is 1.03. The smallest absolute Gasteiger partial charge is 0.275 e. The molecule has 3 heterocycles. The highest BCUT2D eigenvalue weighted by molar-refractivity contribution is 6.30. The lowest BCUT2D eigenvalue weighted by Gasteiger charge is -2.29. The maximum atomic E-state index is 13.1. The third-order valence-corrected chi connectivity index (χ3v) is 4.93. The molecule has 0 saturated heterocycles. The summed E-state index contributed by atoms with van der Waals surface area (Å²) in [5.41, 5.74) is 2.72. The van der Waals surface area contributed by atoms with Gasteiger partial charge in [-0.05, 0) is 29.8 Å². The van der Waals surface area contributed by atoms with E-state index in [0.717, 1.165) is 11.1 Å². The first-order valence-corrected chi connectivity index (χ1v) is 8.76. The van der Waals surface area contributed by atoms with Gasteiger partial charge in [-0.1, -0.05) is 23.7 Å². The Balaban J connectivity index is 1.83. The van der Waals surface area contributed by atoms with Gasteiger partial charge in [-0.2, -0.15) is 5.10 Å². The Kier molecular flexibility index (Phi) is 4.73. The predicted molar refractivity (Wildman–Crippen MR) is 98.4 cm³/mol. The van der Waals surface area contributed by atoms with Gasteiger partial charge in [-0.25, -0.2) is 0 Å². The number of nitrogens with zero attached hydrogens (tertiary/aromatic N) is 2. The fourth-order valence-corrected chi connectivity index (χ4v) is 3.51. The molecular weight excluding hydrogens is 370 g/mol. The molecule has 0 fully saturated rings. The van der Waals surface area contributed by atoms with Crippen LogP contribution in [0.4, 0.5) is 0 Å². The molecule has 140 valence electrons. The molecule has 1 aliphatic rings. The second kappa shape index (κ2) is 7.19. The number of carbonyl (C=O) groups is 1. The summed E-state index contributed by atoms with van der Waals surface area (Å²) in [5, 5.41) is 7.82. The number of rotatable bonds is 6. The highest BCUT2D eigenvalue weighted by atomic mass is 35.5. The van der Waals surface area contributed by atoms with E-state index in [2.05, 4.69) is 10.2 Å². The Morgan fingerprint density at radius 2 is 2.00 bits per heavy atom. The van der Waals surface area contributed by atoms with Crippen LogP contribution in [-0.2, 0) is 9.47 Å². The number of methoxy groups -OCH3 is 2. The number of aromatic nitrogens is 2. The van der Waals surface area contributed by atoms with E-state index < -0.39 is 6.29 Å². The first kappa shape index (κ1) is 17.8. The zero-order chi connectivity index (χ0) is 19.0. The largest absolute Gasteiger partial charge is 0.463 e. The van der Waals surface area contributed by atoms with Crippen molar-refractivity contribution in [1.29, 1.82) is 0 Å². The first-order chi connectivity index (χ1) is 13.1. The van der Waals surface area contributed by atoms with Crippen molar-refractivity contribution in [2.45, 2.75) is 12.3 Å². The Morgan fingerprint density at radius 3 is 2.63 bits per heavy atom. The van der Waals surface area contributed by atoms with Crippen LogP contribution < -0.4 is 0 Å². The summed E-state index contributed by atoms with van der Waals surface area (Å²) in [6, 6.07) is 10.7. The maximum Gasteiger partial charge on any atom is 0.275 e. The zero-order valence-corrected chi connectivity index (χ0v) is 15.6. The van der Waals surface area contributed by atoms with Crippen LogP contribution in [0.3, 0.4) is 0 Å². The average Bonchev–Trinajstić information content (AvgIpc) is 3.39. The average molecular weight is 388 g/mol. The Labute approximate surface area is 160 Å². The van der Waals surface area contributed by atoms with Crippen molar-refractivity contribution in [3.05, 3.63) is 64.5 Å². The van der Waals surface area contributed by atoms with E-state index in [0.29, 0.717) is 22.2 Å². The van der Waals surface area contributed by atoms with Crippen LogP contribution in [0.1, 0.15) is 27.7 Å². The Bertz CT molecular complexity index is 933. The van der Waals surface area contributed by atoms with Crippen LogP contribution in [0.25, 0.3) is 11.5 Å². The number of halogens is 1. The van der Waals surface area contributed by atoms with Gasteiger partial charge in [-0.15, -0.1) is 0 Å². The lowest BCUT2D eigenvalue weighted by atomic mass is 9.98. The van der Waals surface area contributed by atoms with Crippen LogP contribution >= 0.6 is 11.6 Å².